The summed E-state index contributed by atoms with van der Waals surface area (Å²) in [5.41, 5.74) is 3.55. The summed E-state index contributed by atoms with van der Waals surface area (Å²) >= 11 is 6.17. The van der Waals surface area contributed by atoms with Crippen LogP contribution in [0.3, 0.4) is 0 Å². The van der Waals surface area contributed by atoms with Crippen molar-refractivity contribution in [3.05, 3.63) is 35.4 Å². The fourth-order valence-corrected chi connectivity index (χ4v) is 3.76. The van der Waals surface area contributed by atoms with Crippen molar-refractivity contribution in [3.8, 4) is 5.88 Å². The van der Waals surface area contributed by atoms with Crippen molar-refractivity contribution in [2.75, 3.05) is 38.6 Å². The average molecular weight is 480 g/mol. The molecule has 1 fully saturated rings. The van der Waals surface area contributed by atoms with E-state index in [0.717, 1.165) is 47.1 Å². The summed E-state index contributed by atoms with van der Waals surface area (Å²) in [4.78, 5) is 11.9. The summed E-state index contributed by atoms with van der Waals surface area (Å²) in [7, 11) is 1.63. The van der Waals surface area contributed by atoms with Gasteiger partial charge >= 0.3 is 0 Å². The molecule has 9 heteroatoms. The second kappa shape index (κ2) is 11.8. The van der Waals surface area contributed by atoms with E-state index in [0.29, 0.717) is 10.9 Å². The molecule has 0 saturated carbocycles. The van der Waals surface area contributed by atoms with Crippen molar-refractivity contribution in [2.45, 2.75) is 19.3 Å². The maximum absolute atomic E-state index is 6.17. The molecule has 1 aliphatic heterocycles. The van der Waals surface area contributed by atoms with Gasteiger partial charge in [-0.25, -0.2) is 9.97 Å². The van der Waals surface area contributed by atoms with Crippen molar-refractivity contribution in [3.63, 3.8) is 0 Å². The number of likely N-dealkylation sites (tertiary alicyclic amines) is 1. The summed E-state index contributed by atoms with van der Waals surface area (Å²) in [5, 5.41) is 5.31. The van der Waals surface area contributed by atoms with E-state index in [2.05, 4.69) is 15.2 Å². The van der Waals surface area contributed by atoms with Gasteiger partial charge in [-0.3, -0.25) is 0 Å². The Hall–Kier alpha value is -1.24. The molecule has 0 spiro atoms. The number of benzene rings is 1. The van der Waals surface area contributed by atoms with Gasteiger partial charge in [0.2, 0.25) is 5.88 Å². The highest BCUT2D eigenvalue weighted by molar-refractivity contribution is 6.31. The van der Waals surface area contributed by atoms with Gasteiger partial charge in [-0.2, -0.15) is 0 Å². The molecule has 0 atom stereocenters. The molecule has 5 nitrogen and oxygen atoms in total. The highest BCUT2D eigenvalue weighted by Gasteiger charge is 2.13. The highest BCUT2D eigenvalue weighted by Crippen LogP contribution is 2.32. The summed E-state index contributed by atoms with van der Waals surface area (Å²) < 4.78 is 5.31. The van der Waals surface area contributed by atoms with Crippen LogP contribution in [0.4, 0.5) is 5.69 Å². The molecule has 0 bridgehead atoms. The number of nitrogens with zero attached hydrogens (tertiary/aromatic N) is 3. The quantitative estimate of drug-likeness (QED) is 0.368. The molecular weight excluding hydrogens is 454 g/mol. The van der Waals surface area contributed by atoms with Crippen molar-refractivity contribution in [1.82, 2.24) is 14.9 Å². The smallest absolute Gasteiger partial charge is 0.213 e. The first-order valence-electron chi connectivity index (χ1n) is 9.15. The monoisotopic (exact) mass is 478 g/mol. The van der Waals surface area contributed by atoms with Crippen LogP contribution in [-0.4, -0.2) is 48.2 Å². The number of rotatable bonds is 6. The van der Waals surface area contributed by atoms with E-state index in [1.54, 1.807) is 7.11 Å². The third kappa shape index (κ3) is 5.89. The Labute approximate surface area is 194 Å². The van der Waals surface area contributed by atoms with Crippen LogP contribution in [0.15, 0.2) is 30.3 Å². The lowest BCUT2D eigenvalue weighted by molar-refractivity contribution is 0.337. The fourth-order valence-electron chi connectivity index (χ4n) is 3.59. The zero-order chi connectivity index (χ0) is 17.9. The summed E-state index contributed by atoms with van der Waals surface area (Å²) in [6.07, 6.45) is 3.76. The Morgan fingerprint density at radius 3 is 2.52 bits per heavy atom. The number of hydrogen-bond donors (Lipinski definition) is 1. The van der Waals surface area contributed by atoms with E-state index < -0.39 is 0 Å². The Kier molecular flexibility index (Phi) is 10.5. The molecule has 1 N–H and O–H groups in total. The van der Waals surface area contributed by atoms with Crippen LogP contribution in [-0.2, 0) is 0 Å². The number of aromatic nitrogens is 2. The fraction of sp³-hybridized carbons (Fsp3) is 0.400. The van der Waals surface area contributed by atoms with Crippen LogP contribution in [0.25, 0.3) is 21.9 Å². The van der Waals surface area contributed by atoms with Gasteiger partial charge in [0.15, 0.2) is 0 Å². The van der Waals surface area contributed by atoms with E-state index in [1.165, 1.54) is 25.9 Å². The van der Waals surface area contributed by atoms with Crippen molar-refractivity contribution in [2.24, 2.45) is 0 Å². The molecule has 0 unspecified atom stereocenters. The number of nitrogens with one attached hydrogen (secondary N) is 1. The number of fused-ring (bicyclic) bond motifs is 2. The van der Waals surface area contributed by atoms with Crippen LogP contribution in [0.1, 0.15) is 19.3 Å². The lowest BCUT2D eigenvalue weighted by atomic mass is 10.1. The predicted molar refractivity (Wildman–Crippen MR) is 129 cm³/mol. The first-order chi connectivity index (χ1) is 12.7. The number of pyridine rings is 2. The van der Waals surface area contributed by atoms with Crippen LogP contribution < -0.4 is 10.1 Å². The second-order valence-corrected chi connectivity index (χ2v) is 7.14. The maximum Gasteiger partial charge on any atom is 0.213 e. The van der Waals surface area contributed by atoms with Gasteiger partial charge in [0.1, 0.15) is 5.52 Å². The van der Waals surface area contributed by atoms with Crippen LogP contribution in [0, 0.1) is 0 Å². The zero-order valence-electron chi connectivity index (χ0n) is 16.2. The molecule has 4 rings (SSSR count). The number of halogens is 4. The third-order valence-corrected chi connectivity index (χ3v) is 5.15. The van der Waals surface area contributed by atoms with Crippen LogP contribution >= 0.6 is 48.8 Å². The van der Waals surface area contributed by atoms with Crippen molar-refractivity contribution >= 4 is 76.4 Å². The van der Waals surface area contributed by atoms with E-state index in [-0.39, 0.29) is 37.2 Å². The molecule has 3 heterocycles. The summed E-state index contributed by atoms with van der Waals surface area (Å²) in [6, 6.07) is 9.58. The molecule has 3 aromatic rings. The van der Waals surface area contributed by atoms with Gasteiger partial charge in [-0.15, -0.1) is 37.2 Å². The average Bonchev–Trinajstić information content (AvgIpc) is 3.17. The van der Waals surface area contributed by atoms with Gasteiger partial charge in [-0.05, 0) is 63.2 Å². The first kappa shape index (κ1) is 25.8. The van der Waals surface area contributed by atoms with E-state index in [9.17, 15) is 0 Å². The Morgan fingerprint density at radius 2 is 1.79 bits per heavy atom. The summed E-state index contributed by atoms with van der Waals surface area (Å²) in [5.74, 6) is 0.590. The number of methoxy groups -OCH3 is 1. The minimum absolute atomic E-state index is 0. The van der Waals surface area contributed by atoms with Gasteiger partial charge in [0.25, 0.3) is 0 Å². The van der Waals surface area contributed by atoms with Crippen LogP contribution in [0.2, 0.25) is 5.02 Å². The number of anilines is 1. The molecule has 1 saturated heterocycles. The topological polar surface area (TPSA) is 50.3 Å². The normalized spacial score (nSPS) is 13.4. The molecule has 29 heavy (non-hydrogen) atoms. The van der Waals surface area contributed by atoms with Gasteiger partial charge in [0, 0.05) is 23.0 Å². The van der Waals surface area contributed by atoms with E-state index >= 15 is 0 Å². The Bertz CT molecular complexity index is 935. The molecule has 0 amide bonds. The van der Waals surface area contributed by atoms with Gasteiger partial charge < -0.3 is 15.0 Å². The van der Waals surface area contributed by atoms with E-state index in [1.807, 2.05) is 30.3 Å². The van der Waals surface area contributed by atoms with Crippen LogP contribution in [0.5, 0.6) is 5.88 Å². The molecule has 160 valence electrons. The standard InChI is InChI=1S/C20H23ClN4O.3ClH/c1-26-18-8-7-16-20(24-18)19(15-6-5-14(21)13-17(15)23-16)22-9-4-12-25-10-2-3-11-25;;;/h5-8,13H,2-4,9-12H2,1H3,(H,22,23);3*1H. The number of ether oxygens (including phenoxy) is 1. The van der Waals surface area contributed by atoms with E-state index in [4.69, 9.17) is 21.3 Å². The molecule has 0 radical (unpaired) electrons. The summed E-state index contributed by atoms with van der Waals surface area (Å²) in [6.45, 7) is 4.50. The Balaban J connectivity index is 0.00000140. The lowest BCUT2D eigenvalue weighted by Crippen LogP contribution is -2.22. The predicted octanol–water partition coefficient (Wildman–Crippen LogP) is 5.61. The molecule has 0 aliphatic carbocycles. The van der Waals surface area contributed by atoms with Gasteiger partial charge in [-0.1, -0.05) is 11.6 Å². The largest absolute Gasteiger partial charge is 0.481 e. The molecule has 2 aromatic heterocycles. The van der Waals surface area contributed by atoms with Crippen molar-refractivity contribution < 1.29 is 4.74 Å². The lowest BCUT2D eigenvalue weighted by Gasteiger charge is -2.16. The maximum atomic E-state index is 6.17. The second-order valence-electron chi connectivity index (χ2n) is 6.70. The SMILES string of the molecule is COc1ccc2nc3cc(Cl)ccc3c(NCCCN3CCCC3)c2n1.Cl.Cl.Cl. The molecule has 1 aliphatic rings. The number of hydrogen-bond acceptors (Lipinski definition) is 5. The third-order valence-electron chi connectivity index (χ3n) is 4.92. The minimum Gasteiger partial charge on any atom is -0.481 e. The Morgan fingerprint density at radius 1 is 1.03 bits per heavy atom. The molecular formula is C20H26Cl4N4O. The van der Waals surface area contributed by atoms with Crippen molar-refractivity contribution in [1.29, 1.82) is 0 Å². The highest BCUT2D eigenvalue weighted by atomic mass is 35.5. The molecule has 1 aromatic carbocycles. The minimum atomic E-state index is 0. The first-order valence-corrected chi connectivity index (χ1v) is 9.52. The zero-order valence-corrected chi connectivity index (χ0v) is 19.4. The van der Waals surface area contributed by atoms with Gasteiger partial charge in [0.05, 0.1) is 23.8 Å².